The number of amides is 1. The molecule has 2 aromatic heterocycles. The van der Waals surface area contributed by atoms with Crippen LogP contribution in [0, 0.1) is 0 Å². The number of aromatic amines is 1. The van der Waals surface area contributed by atoms with Crippen molar-refractivity contribution in [1.29, 1.82) is 0 Å². The number of H-pyrrole nitrogens is 1. The van der Waals surface area contributed by atoms with Gasteiger partial charge in [0, 0.05) is 32.4 Å². The van der Waals surface area contributed by atoms with Crippen molar-refractivity contribution in [3.05, 3.63) is 30.7 Å². The van der Waals surface area contributed by atoms with Crippen molar-refractivity contribution in [2.24, 2.45) is 0 Å². The summed E-state index contributed by atoms with van der Waals surface area (Å²) in [5.41, 5.74) is 0. The molecule has 0 bridgehead atoms. The summed E-state index contributed by atoms with van der Waals surface area (Å²) >= 11 is 0. The molecule has 1 aliphatic rings. The van der Waals surface area contributed by atoms with Crippen LogP contribution in [-0.4, -0.2) is 63.2 Å². The number of piperazine rings is 1. The molecule has 0 aliphatic carbocycles. The molecule has 0 unspecified atom stereocenters. The molecule has 3 heterocycles. The number of carbonyl (C=O) groups excluding carboxylic acids is 1. The normalized spacial score (nSPS) is 17.2. The average Bonchev–Trinajstić information content (AvgIpc) is 3.10. The summed E-state index contributed by atoms with van der Waals surface area (Å²) in [4.78, 5) is 24.8. The summed E-state index contributed by atoms with van der Waals surface area (Å²) in [6, 6.07) is 5.26. The van der Waals surface area contributed by atoms with Crippen LogP contribution in [0.5, 0.6) is 0 Å². The topological polar surface area (TPSA) is 90.0 Å². The lowest BCUT2D eigenvalue weighted by atomic mass is 10.2. The van der Waals surface area contributed by atoms with Crippen LogP contribution in [-0.2, 0) is 4.79 Å². The van der Waals surface area contributed by atoms with E-state index in [4.69, 9.17) is 0 Å². The SMILES string of the molecule is C[C@H](C(=O)Nc1ccccn1)N1CCN(c2ncn[nH]2)CC1. The zero-order chi connectivity index (χ0) is 15.4. The summed E-state index contributed by atoms with van der Waals surface area (Å²) < 4.78 is 0. The predicted octanol–water partition coefficient (Wildman–Crippen LogP) is 0.349. The highest BCUT2D eigenvalue weighted by Crippen LogP contribution is 2.12. The van der Waals surface area contributed by atoms with Gasteiger partial charge in [0.25, 0.3) is 0 Å². The van der Waals surface area contributed by atoms with Crippen LogP contribution < -0.4 is 10.2 Å². The van der Waals surface area contributed by atoms with Gasteiger partial charge in [-0.05, 0) is 19.1 Å². The zero-order valence-electron chi connectivity index (χ0n) is 12.4. The second kappa shape index (κ2) is 6.52. The van der Waals surface area contributed by atoms with Crippen molar-refractivity contribution >= 4 is 17.7 Å². The molecule has 1 fully saturated rings. The lowest BCUT2D eigenvalue weighted by molar-refractivity contribution is -0.120. The Hall–Kier alpha value is -2.48. The van der Waals surface area contributed by atoms with E-state index in [-0.39, 0.29) is 11.9 Å². The molecule has 8 heteroatoms. The van der Waals surface area contributed by atoms with Crippen LogP contribution >= 0.6 is 0 Å². The second-order valence-corrected chi connectivity index (χ2v) is 5.21. The van der Waals surface area contributed by atoms with E-state index in [0.717, 1.165) is 32.1 Å². The molecule has 2 N–H and O–H groups in total. The van der Waals surface area contributed by atoms with E-state index in [2.05, 4.69) is 35.3 Å². The number of nitrogens with one attached hydrogen (secondary N) is 2. The molecule has 1 aliphatic heterocycles. The minimum Gasteiger partial charge on any atom is -0.339 e. The maximum Gasteiger partial charge on any atom is 0.242 e. The molecule has 1 amide bonds. The molecule has 0 spiro atoms. The first kappa shape index (κ1) is 14.5. The van der Waals surface area contributed by atoms with Gasteiger partial charge in [0.05, 0.1) is 6.04 Å². The predicted molar refractivity (Wildman–Crippen MR) is 82.5 cm³/mol. The molecule has 22 heavy (non-hydrogen) atoms. The highest BCUT2D eigenvalue weighted by Gasteiger charge is 2.26. The van der Waals surface area contributed by atoms with E-state index in [1.54, 1.807) is 12.3 Å². The van der Waals surface area contributed by atoms with Gasteiger partial charge < -0.3 is 10.2 Å². The van der Waals surface area contributed by atoms with Crippen LogP contribution in [0.4, 0.5) is 11.8 Å². The Balaban J connectivity index is 1.53. The summed E-state index contributed by atoms with van der Waals surface area (Å²) in [6.07, 6.45) is 3.17. The third-order valence-corrected chi connectivity index (χ3v) is 3.86. The Morgan fingerprint density at radius 3 is 2.73 bits per heavy atom. The minimum atomic E-state index is -0.195. The van der Waals surface area contributed by atoms with Gasteiger partial charge in [0.15, 0.2) is 0 Å². The first-order chi connectivity index (χ1) is 10.7. The fraction of sp³-hybridized carbons (Fsp3) is 0.429. The molecular formula is C14H19N7O. The highest BCUT2D eigenvalue weighted by molar-refractivity contribution is 5.93. The van der Waals surface area contributed by atoms with Crippen molar-refractivity contribution in [3.63, 3.8) is 0 Å². The summed E-state index contributed by atoms with van der Waals surface area (Å²) in [7, 11) is 0. The van der Waals surface area contributed by atoms with Crippen molar-refractivity contribution in [2.75, 3.05) is 36.4 Å². The fourth-order valence-electron chi connectivity index (χ4n) is 2.51. The third kappa shape index (κ3) is 3.22. The van der Waals surface area contributed by atoms with Gasteiger partial charge in [-0.1, -0.05) is 6.07 Å². The lowest BCUT2D eigenvalue weighted by Crippen LogP contribution is -2.53. The van der Waals surface area contributed by atoms with Crippen LogP contribution in [0.25, 0.3) is 0 Å². The highest BCUT2D eigenvalue weighted by atomic mass is 16.2. The molecule has 116 valence electrons. The van der Waals surface area contributed by atoms with E-state index in [1.165, 1.54) is 6.33 Å². The number of rotatable bonds is 4. The Kier molecular flexibility index (Phi) is 4.29. The van der Waals surface area contributed by atoms with Gasteiger partial charge in [-0.15, -0.1) is 0 Å². The lowest BCUT2D eigenvalue weighted by Gasteiger charge is -2.37. The van der Waals surface area contributed by atoms with Crippen LogP contribution in [0.3, 0.4) is 0 Å². The Morgan fingerprint density at radius 2 is 2.09 bits per heavy atom. The van der Waals surface area contributed by atoms with Crippen molar-refractivity contribution < 1.29 is 4.79 Å². The number of pyridine rings is 1. The van der Waals surface area contributed by atoms with Crippen molar-refractivity contribution in [3.8, 4) is 0 Å². The summed E-state index contributed by atoms with van der Waals surface area (Å²) in [6.45, 7) is 5.16. The van der Waals surface area contributed by atoms with Crippen molar-refractivity contribution in [1.82, 2.24) is 25.1 Å². The number of anilines is 2. The van der Waals surface area contributed by atoms with Gasteiger partial charge in [-0.25, -0.2) is 10.1 Å². The Bertz CT molecular complexity index is 593. The number of nitrogens with zero attached hydrogens (tertiary/aromatic N) is 5. The van der Waals surface area contributed by atoms with E-state index in [0.29, 0.717) is 5.82 Å². The van der Waals surface area contributed by atoms with Crippen LogP contribution in [0.2, 0.25) is 0 Å². The molecule has 0 aromatic carbocycles. The molecule has 0 radical (unpaired) electrons. The third-order valence-electron chi connectivity index (χ3n) is 3.86. The fourth-order valence-corrected chi connectivity index (χ4v) is 2.51. The van der Waals surface area contributed by atoms with E-state index < -0.39 is 0 Å². The van der Waals surface area contributed by atoms with Gasteiger partial charge >= 0.3 is 0 Å². The molecule has 1 atom stereocenters. The maximum absolute atomic E-state index is 12.3. The molecule has 1 saturated heterocycles. The number of aromatic nitrogens is 4. The second-order valence-electron chi connectivity index (χ2n) is 5.21. The molecular weight excluding hydrogens is 282 g/mol. The van der Waals surface area contributed by atoms with E-state index in [1.807, 2.05) is 19.1 Å². The van der Waals surface area contributed by atoms with E-state index in [9.17, 15) is 4.79 Å². The molecule has 8 nitrogen and oxygen atoms in total. The summed E-state index contributed by atoms with van der Waals surface area (Å²) in [5.74, 6) is 1.33. The Labute approximate surface area is 128 Å². The monoisotopic (exact) mass is 301 g/mol. The number of hydrogen-bond acceptors (Lipinski definition) is 6. The molecule has 2 aromatic rings. The van der Waals surface area contributed by atoms with Gasteiger partial charge in [0.2, 0.25) is 11.9 Å². The standard InChI is InChI=1S/C14H19N7O/c1-11(13(22)18-12-4-2-3-5-15-12)20-6-8-21(9-7-20)14-16-10-17-19-14/h2-5,10-11H,6-9H2,1H3,(H,15,18,22)(H,16,17,19)/t11-/m1/s1. The van der Waals surface area contributed by atoms with Crippen molar-refractivity contribution in [2.45, 2.75) is 13.0 Å². The zero-order valence-corrected chi connectivity index (χ0v) is 12.4. The first-order valence-corrected chi connectivity index (χ1v) is 7.30. The maximum atomic E-state index is 12.3. The molecule has 3 rings (SSSR count). The van der Waals surface area contributed by atoms with Crippen LogP contribution in [0.1, 0.15) is 6.92 Å². The quantitative estimate of drug-likeness (QED) is 0.847. The van der Waals surface area contributed by atoms with Gasteiger partial charge in [0.1, 0.15) is 12.1 Å². The molecule has 0 saturated carbocycles. The average molecular weight is 301 g/mol. The number of carbonyl (C=O) groups is 1. The smallest absolute Gasteiger partial charge is 0.242 e. The first-order valence-electron chi connectivity index (χ1n) is 7.30. The van der Waals surface area contributed by atoms with Gasteiger partial charge in [-0.3, -0.25) is 9.69 Å². The summed E-state index contributed by atoms with van der Waals surface area (Å²) in [5, 5.41) is 9.57. The number of hydrogen-bond donors (Lipinski definition) is 2. The largest absolute Gasteiger partial charge is 0.339 e. The van der Waals surface area contributed by atoms with Gasteiger partial charge in [-0.2, -0.15) is 10.1 Å². The van der Waals surface area contributed by atoms with Crippen LogP contribution in [0.15, 0.2) is 30.7 Å². The minimum absolute atomic E-state index is 0.0354. The Morgan fingerprint density at radius 1 is 1.27 bits per heavy atom. The van der Waals surface area contributed by atoms with E-state index >= 15 is 0 Å².